The Bertz CT molecular complexity index is 424. The molecule has 4 nitrogen and oxygen atoms in total. The van der Waals surface area contributed by atoms with Crippen LogP contribution in [0, 0.1) is 0 Å². The number of ether oxygens (including phenoxy) is 2. The van der Waals surface area contributed by atoms with E-state index < -0.39 is 0 Å². The molecule has 1 heterocycles. The second kappa shape index (κ2) is 7.25. The summed E-state index contributed by atoms with van der Waals surface area (Å²) >= 11 is 0. The molecule has 21 heavy (non-hydrogen) atoms. The van der Waals surface area contributed by atoms with Crippen molar-refractivity contribution in [2.24, 2.45) is 0 Å². The first-order valence-electron chi connectivity index (χ1n) is 7.68. The minimum Gasteiger partial charge on any atom is -0.497 e. The van der Waals surface area contributed by atoms with E-state index in [1.54, 1.807) is 7.11 Å². The Balaban J connectivity index is 1.88. The first-order valence-corrected chi connectivity index (χ1v) is 7.68. The van der Waals surface area contributed by atoms with E-state index in [0.29, 0.717) is 0 Å². The van der Waals surface area contributed by atoms with Crippen molar-refractivity contribution in [1.29, 1.82) is 0 Å². The molecule has 4 heteroatoms. The molecule has 0 aliphatic carbocycles. The normalized spacial score (nSPS) is 18.5. The summed E-state index contributed by atoms with van der Waals surface area (Å²) < 4.78 is 10.6. The molecule has 1 saturated heterocycles. The van der Waals surface area contributed by atoms with E-state index in [9.17, 15) is 5.11 Å². The van der Waals surface area contributed by atoms with E-state index in [-0.39, 0.29) is 11.6 Å². The maximum Gasteiger partial charge on any atom is 0.118 e. The van der Waals surface area contributed by atoms with Crippen molar-refractivity contribution in [3.05, 3.63) is 29.8 Å². The van der Waals surface area contributed by atoms with Gasteiger partial charge in [0.2, 0.25) is 0 Å². The molecular formula is C17H27NO3. The molecule has 1 unspecified atom stereocenters. The van der Waals surface area contributed by atoms with Gasteiger partial charge >= 0.3 is 0 Å². The minimum absolute atomic E-state index is 0.212. The quantitative estimate of drug-likeness (QED) is 0.872. The Morgan fingerprint density at radius 2 is 1.86 bits per heavy atom. The van der Waals surface area contributed by atoms with Crippen molar-refractivity contribution in [2.45, 2.75) is 38.3 Å². The van der Waals surface area contributed by atoms with Gasteiger partial charge in [-0.25, -0.2) is 0 Å². The topological polar surface area (TPSA) is 41.9 Å². The molecule has 1 N–H and O–H groups in total. The molecule has 1 aromatic carbocycles. The van der Waals surface area contributed by atoms with Gasteiger partial charge in [0.15, 0.2) is 0 Å². The fourth-order valence-electron chi connectivity index (χ4n) is 2.80. The van der Waals surface area contributed by atoms with Crippen LogP contribution in [0.5, 0.6) is 5.75 Å². The van der Waals surface area contributed by atoms with Crippen LogP contribution in [0.15, 0.2) is 24.3 Å². The summed E-state index contributed by atoms with van der Waals surface area (Å²) in [5, 5.41) is 10.6. The van der Waals surface area contributed by atoms with Gasteiger partial charge in [-0.15, -0.1) is 0 Å². The summed E-state index contributed by atoms with van der Waals surface area (Å²) in [6, 6.07) is 8.06. The molecule has 1 atom stereocenters. The zero-order valence-electron chi connectivity index (χ0n) is 13.3. The van der Waals surface area contributed by atoms with E-state index in [1.807, 2.05) is 12.1 Å². The zero-order chi connectivity index (χ0) is 15.3. The van der Waals surface area contributed by atoms with Crippen LogP contribution < -0.4 is 4.74 Å². The average Bonchev–Trinajstić information content (AvgIpc) is 2.53. The van der Waals surface area contributed by atoms with E-state index in [0.717, 1.165) is 44.9 Å². The van der Waals surface area contributed by atoms with Gasteiger partial charge in [-0.2, -0.15) is 0 Å². The van der Waals surface area contributed by atoms with Gasteiger partial charge in [0.25, 0.3) is 0 Å². The Kier molecular flexibility index (Phi) is 5.62. The molecule has 2 rings (SSSR count). The summed E-state index contributed by atoms with van der Waals surface area (Å²) in [5.41, 5.74) is 1.02. The van der Waals surface area contributed by atoms with Gasteiger partial charge in [-0.05, 0) is 44.4 Å². The lowest BCUT2D eigenvalue weighted by atomic mass is 9.90. The molecule has 0 spiro atoms. The number of nitrogens with zero attached hydrogens (tertiary/aromatic N) is 1. The summed E-state index contributed by atoms with van der Waals surface area (Å²) in [7, 11) is 1.67. The highest BCUT2D eigenvalue weighted by Gasteiger charge is 2.34. The lowest BCUT2D eigenvalue weighted by Gasteiger charge is -2.43. The Labute approximate surface area is 127 Å². The van der Waals surface area contributed by atoms with Crippen LogP contribution in [-0.4, -0.2) is 55.1 Å². The monoisotopic (exact) mass is 293 g/mol. The SMILES string of the molecule is COc1ccc(CCC(O)C(C)(C)N2CCOCC2)cc1. The van der Waals surface area contributed by atoms with Crippen molar-refractivity contribution in [1.82, 2.24) is 4.90 Å². The first-order chi connectivity index (χ1) is 10.0. The molecule has 0 bridgehead atoms. The van der Waals surface area contributed by atoms with Crippen LogP contribution in [0.25, 0.3) is 0 Å². The van der Waals surface area contributed by atoms with E-state index in [4.69, 9.17) is 9.47 Å². The number of methoxy groups -OCH3 is 1. The lowest BCUT2D eigenvalue weighted by Crippen LogP contribution is -2.56. The number of morpholine rings is 1. The third kappa shape index (κ3) is 4.19. The van der Waals surface area contributed by atoms with Crippen LogP contribution in [0.1, 0.15) is 25.8 Å². The summed E-state index contributed by atoms with van der Waals surface area (Å²) in [6.07, 6.45) is 1.29. The third-order valence-corrected chi connectivity index (χ3v) is 4.51. The third-order valence-electron chi connectivity index (χ3n) is 4.51. The van der Waals surface area contributed by atoms with Crippen molar-refractivity contribution in [2.75, 3.05) is 33.4 Å². The smallest absolute Gasteiger partial charge is 0.118 e. The zero-order valence-corrected chi connectivity index (χ0v) is 13.3. The molecule has 0 aromatic heterocycles. The van der Waals surface area contributed by atoms with Gasteiger partial charge in [0.05, 0.1) is 26.4 Å². The van der Waals surface area contributed by atoms with Crippen molar-refractivity contribution >= 4 is 0 Å². The summed E-state index contributed by atoms with van der Waals surface area (Å²) in [5.74, 6) is 0.868. The second-order valence-electron chi connectivity index (χ2n) is 6.16. The number of aliphatic hydroxyl groups is 1. The second-order valence-corrected chi connectivity index (χ2v) is 6.16. The van der Waals surface area contributed by atoms with Gasteiger partial charge in [0, 0.05) is 18.6 Å². The van der Waals surface area contributed by atoms with E-state index >= 15 is 0 Å². The molecular weight excluding hydrogens is 266 g/mol. The molecule has 118 valence electrons. The van der Waals surface area contributed by atoms with E-state index in [2.05, 4.69) is 30.9 Å². The number of benzene rings is 1. The van der Waals surface area contributed by atoms with Gasteiger partial charge in [-0.1, -0.05) is 12.1 Å². The molecule has 0 amide bonds. The van der Waals surface area contributed by atoms with Gasteiger partial charge < -0.3 is 14.6 Å². The lowest BCUT2D eigenvalue weighted by molar-refractivity contribution is -0.0636. The van der Waals surface area contributed by atoms with Crippen LogP contribution >= 0.6 is 0 Å². The predicted molar refractivity (Wildman–Crippen MR) is 83.8 cm³/mol. The van der Waals surface area contributed by atoms with Crippen molar-refractivity contribution in [3.63, 3.8) is 0 Å². The highest BCUT2D eigenvalue weighted by Crippen LogP contribution is 2.24. The fraction of sp³-hybridized carbons (Fsp3) is 0.647. The summed E-state index contributed by atoms with van der Waals surface area (Å²) in [4.78, 5) is 2.33. The highest BCUT2D eigenvalue weighted by atomic mass is 16.5. The van der Waals surface area contributed by atoms with Crippen LogP contribution in [0.3, 0.4) is 0 Å². The molecule has 1 fully saturated rings. The molecule has 0 radical (unpaired) electrons. The predicted octanol–water partition coefficient (Wildman–Crippen LogP) is 2.10. The number of hydrogen-bond acceptors (Lipinski definition) is 4. The maximum absolute atomic E-state index is 10.6. The fourth-order valence-corrected chi connectivity index (χ4v) is 2.80. The molecule has 1 aliphatic rings. The standard InChI is InChI=1S/C17H27NO3/c1-17(2,18-10-12-21-13-11-18)16(19)9-6-14-4-7-15(20-3)8-5-14/h4-5,7-8,16,19H,6,9-13H2,1-3H3. The Morgan fingerprint density at radius 3 is 2.43 bits per heavy atom. The summed E-state index contributed by atoms with van der Waals surface area (Å²) in [6.45, 7) is 7.55. The Morgan fingerprint density at radius 1 is 1.24 bits per heavy atom. The van der Waals surface area contributed by atoms with Crippen LogP contribution in [0.2, 0.25) is 0 Å². The average molecular weight is 293 g/mol. The highest BCUT2D eigenvalue weighted by molar-refractivity contribution is 5.27. The van der Waals surface area contributed by atoms with E-state index in [1.165, 1.54) is 5.56 Å². The van der Waals surface area contributed by atoms with Gasteiger partial charge in [-0.3, -0.25) is 4.90 Å². The number of aryl methyl sites for hydroxylation is 1. The van der Waals surface area contributed by atoms with Crippen LogP contribution in [0.4, 0.5) is 0 Å². The molecule has 0 saturated carbocycles. The van der Waals surface area contributed by atoms with Crippen LogP contribution in [-0.2, 0) is 11.2 Å². The molecule has 1 aliphatic heterocycles. The number of aliphatic hydroxyl groups excluding tert-OH is 1. The Hall–Kier alpha value is -1.10. The minimum atomic E-state index is -0.349. The number of rotatable bonds is 6. The largest absolute Gasteiger partial charge is 0.497 e. The maximum atomic E-state index is 10.6. The first kappa shape index (κ1) is 16.3. The van der Waals surface area contributed by atoms with Crippen molar-refractivity contribution in [3.8, 4) is 5.75 Å². The van der Waals surface area contributed by atoms with Gasteiger partial charge in [0.1, 0.15) is 5.75 Å². The van der Waals surface area contributed by atoms with Crippen molar-refractivity contribution < 1.29 is 14.6 Å². The molecule has 1 aromatic rings. The number of hydrogen-bond donors (Lipinski definition) is 1.